The Morgan fingerprint density at radius 1 is 1.16 bits per heavy atom. The van der Waals surface area contributed by atoms with Crippen molar-refractivity contribution < 1.29 is 4.79 Å². The third-order valence-electron chi connectivity index (χ3n) is 7.10. The van der Waals surface area contributed by atoms with Gasteiger partial charge in [0.1, 0.15) is 5.82 Å². The number of rotatable bonds is 5. The van der Waals surface area contributed by atoms with E-state index in [9.17, 15) is 4.79 Å². The number of fused-ring (bicyclic) bond motifs is 2. The topological polar surface area (TPSA) is 104 Å². The predicted octanol–water partition coefficient (Wildman–Crippen LogP) is 4.22. The van der Waals surface area contributed by atoms with Crippen LogP contribution in [-0.4, -0.2) is 70.2 Å². The van der Waals surface area contributed by atoms with Gasteiger partial charge in [0.05, 0.1) is 23.6 Å². The lowest BCUT2D eigenvalue weighted by Gasteiger charge is -2.31. The highest BCUT2D eigenvalue weighted by molar-refractivity contribution is 5.88. The van der Waals surface area contributed by atoms with E-state index in [2.05, 4.69) is 46.3 Å². The fraction of sp³-hybridized carbons (Fsp3) is 0.448. The highest BCUT2D eigenvalue weighted by atomic mass is 16.1. The van der Waals surface area contributed by atoms with Crippen LogP contribution in [0.3, 0.4) is 0 Å². The first kappa shape index (κ1) is 27.5. The summed E-state index contributed by atoms with van der Waals surface area (Å²) in [6.07, 6.45) is 13.8. The second-order valence-corrected chi connectivity index (χ2v) is 10.1. The van der Waals surface area contributed by atoms with Crippen molar-refractivity contribution in [2.75, 3.05) is 31.5 Å². The highest BCUT2D eigenvalue weighted by Gasteiger charge is 2.23. The fourth-order valence-electron chi connectivity index (χ4n) is 4.84. The maximum atomic E-state index is 11.7. The fourth-order valence-corrected chi connectivity index (χ4v) is 4.84. The number of nitrogens with one attached hydrogen (secondary N) is 1. The zero-order valence-corrected chi connectivity index (χ0v) is 22.8. The molecule has 2 bridgehead atoms. The molecule has 1 amide bonds. The first-order valence-corrected chi connectivity index (χ1v) is 13.5. The van der Waals surface area contributed by atoms with Crippen molar-refractivity contribution in [1.82, 2.24) is 19.7 Å². The van der Waals surface area contributed by atoms with E-state index in [0.717, 1.165) is 55.4 Å². The van der Waals surface area contributed by atoms with Crippen molar-refractivity contribution in [3.63, 3.8) is 0 Å². The van der Waals surface area contributed by atoms with Gasteiger partial charge in [-0.05, 0) is 70.5 Å². The zero-order valence-electron chi connectivity index (χ0n) is 22.8. The van der Waals surface area contributed by atoms with Crippen molar-refractivity contribution >= 4 is 24.2 Å². The first-order valence-electron chi connectivity index (χ1n) is 13.5. The van der Waals surface area contributed by atoms with Crippen molar-refractivity contribution in [1.29, 1.82) is 0 Å². The van der Waals surface area contributed by atoms with Gasteiger partial charge in [0.15, 0.2) is 0 Å². The molecule has 5 rings (SSSR count). The monoisotopic (exact) mass is 516 g/mol. The molecule has 0 radical (unpaired) electrons. The summed E-state index contributed by atoms with van der Waals surface area (Å²) in [5, 5.41) is 13.8. The van der Waals surface area contributed by atoms with Crippen molar-refractivity contribution in [3.8, 4) is 5.69 Å². The number of allylic oxidation sites excluding steroid dienone is 2. The number of hydrogen-bond donors (Lipinski definition) is 2. The summed E-state index contributed by atoms with van der Waals surface area (Å²) in [5.41, 5.74) is 10.2. The Balaban J connectivity index is 0.000000278. The molecule has 202 valence electrons. The van der Waals surface area contributed by atoms with Gasteiger partial charge in [0, 0.05) is 50.1 Å². The lowest BCUT2D eigenvalue weighted by molar-refractivity contribution is -0.114. The average molecular weight is 517 g/mol. The molecule has 2 unspecified atom stereocenters. The molecule has 38 heavy (non-hydrogen) atoms. The lowest BCUT2D eigenvalue weighted by Crippen LogP contribution is -2.40. The number of benzene rings is 1. The summed E-state index contributed by atoms with van der Waals surface area (Å²) in [5.74, 6) is 1.05. The van der Waals surface area contributed by atoms with Crippen molar-refractivity contribution in [3.05, 3.63) is 65.6 Å². The molecule has 0 saturated carbocycles. The molecule has 1 fully saturated rings. The molecule has 9 nitrogen and oxygen atoms in total. The maximum absolute atomic E-state index is 11.7. The number of carbonyl (C=O) groups excluding carboxylic acids is 1. The largest absolute Gasteiger partial charge is 0.329 e. The summed E-state index contributed by atoms with van der Waals surface area (Å²) < 4.78 is 1.86. The Bertz CT molecular complexity index is 1190. The number of hydrazone groups is 1. The maximum Gasteiger partial charge on any atom is 0.222 e. The van der Waals surface area contributed by atoms with Crippen LogP contribution in [-0.2, 0) is 4.79 Å². The van der Waals surface area contributed by atoms with Gasteiger partial charge in [-0.3, -0.25) is 19.7 Å². The van der Waals surface area contributed by atoms with Gasteiger partial charge in [-0.2, -0.15) is 10.2 Å². The van der Waals surface area contributed by atoms with E-state index in [4.69, 9.17) is 10.8 Å². The Kier molecular flexibility index (Phi) is 9.62. The van der Waals surface area contributed by atoms with Crippen LogP contribution in [0.15, 0.2) is 64.5 Å². The van der Waals surface area contributed by atoms with E-state index in [1.165, 1.54) is 25.3 Å². The minimum atomic E-state index is -0.0829. The summed E-state index contributed by atoms with van der Waals surface area (Å²) in [6.45, 7) is 9.46. The Morgan fingerprint density at radius 2 is 1.97 bits per heavy atom. The Labute approximate surface area is 225 Å². The third-order valence-corrected chi connectivity index (χ3v) is 7.10. The van der Waals surface area contributed by atoms with Crippen LogP contribution in [0.4, 0.5) is 5.82 Å². The van der Waals surface area contributed by atoms with E-state index in [1.807, 2.05) is 46.2 Å². The number of aliphatic imine (C=N–C) groups is 1. The summed E-state index contributed by atoms with van der Waals surface area (Å²) in [4.78, 5) is 18.4. The number of amides is 1. The number of nitrogens with zero attached hydrogens (tertiary/aromatic N) is 6. The number of nitrogens with two attached hydrogens (primary N) is 1. The average Bonchev–Trinajstić information content (AvgIpc) is 3.22. The van der Waals surface area contributed by atoms with Gasteiger partial charge in [0.25, 0.3) is 0 Å². The highest BCUT2D eigenvalue weighted by Crippen LogP contribution is 2.30. The minimum absolute atomic E-state index is 0.0829. The second kappa shape index (κ2) is 13.3. The predicted molar refractivity (Wildman–Crippen MR) is 155 cm³/mol. The molecule has 0 spiro atoms. The third kappa shape index (κ3) is 7.49. The zero-order chi connectivity index (χ0) is 26.9. The molecule has 9 heteroatoms. The van der Waals surface area contributed by atoms with Crippen LogP contribution in [0.5, 0.6) is 0 Å². The molecule has 1 aromatic heterocycles. The van der Waals surface area contributed by atoms with Crippen LogP contribution >= 0.6 is 0 Å². The van der Waals surface area contributed by atoms with Crippen molar-refractivity contribution in [2.45, 2.75) is 58.4 Å². The number of hydrogen-bond acceptors (Lipinski definition) is 7. The van der Waals surface area contributed by atoms with Crippen LogP contribution < -0.4 is 11.1 Å². The summed E-state index contributed by atoms with van der Waals surface area (Å²) >= 11 is 0. The summed E-state index contributed by atoms with van der Waals surface area (Å²) in [6, 6.07) is 10.7. The molecule has 3 N–H and O–H groups in total. The Morgan fingerprint density at radius 3 is 2.74 bits per heavy atom. The van der Waals surface area contributed by atoms with E-state index >= 15 is 0 Å². The van der Waals surface area contributed by atoms with Gasteiger partial charge in [-0.15, -0.1) is 0 Å². The van der Waals surface area contributed by atoms with E-state index in [1.54, 1.807) is 12.4 Å². The molecule has 0 aliphatic carbocycles. The summed E-state index contributed by atoms with van der Waals surface area (Å²) in [7, 11) is 0. The van der Waals surface area contributed by atoms with Crippen LogP contribution in [0.25, 0.3) is 5.69 Å². The quantitative estimate of drug-likeness (QED) is 0.619. The van der Waals surface area contributed by atoms with Crippen LogP contribution in [0.2, 0.25) is 0 Å². The number of aromatic nitrogens is 2. The van der Waals surface area contributed by atoms with Crippen molar-refractivity contribution in [2.24, 2.45) is 15.8 Å². The molecule has 1 aromatic carbocycles. The van der Waals surface area contributed by atoms with Gasteiger partial charge in [-0.1, -0.05) is 24.1 Å². The first-order chi connectivity index (χ1) is 18.4. The van der Waals surface area contributed by atoms with Gasteiger partial charge in [0.2, 0.25) is 5.91 Å². The molecule has 1 saturated heterocycles. The standard InChI is InChI=1S/C22H33N5O.C7H7N3/c1-16-7-9-20(10-8-16)27-22(24-18(3)28)14-21(25-27)19-6-4-5-12-26(13-11-19)17(2)15-23;1-3-8-7-2-4-9-10(5-1)6-7/h7-10,14,17,19H,4-6,11-13,15,23H2,1-3H3,(H,24,28);1-5H,6H2. The molecule has 4 heterocycles. The molecule has 3 aliphatic heterocycles. The Hall–Kier alpha value is -3.56. The van der Waals surface area contributed by atoms with E-state index in [-0.39, 0.29) is 5.91 Å². The van der Waals surface area contributed by atoms with Gasteiger partial charge in [-0.25, -0.2) is 4.68 Å². The SMILES string of the molecule is C1=CN2CC(=CC=N2)N=C1.CC(=O)Nc1cc(C2CCCCN(C(C)CN)CC2)nn1-c1ccc(C)cc1. The number of aryl methyl sites for hydroxylation is 1. The second-order valence-electron chi connectivity index (χ2n) is 10.1. The van der Waals surface area contributed by atoms with E-state index in [0.29, 0.717) is 18.5 Å². The lowest BCUT2D eigenvalue weighted by atomic mass is 9.92. The molecule has 2 aromatic rings. The number of carbonyl (C=O) groups is 1. The van der Waals surface area contributed by atoms with E-state index < -0.39 is 0 Å². The smallest absolute Gasteiger partial charge is 0.222 e. The number of anilines is 1. The normalized spacial score (nSPS) is 19.9. The van der Waals surface area contributed by atoms with Crippen LogP contribution in [0, 0.1) is 6.92 Å². The van der Waals surface area contributed by atoms with Gasteiger partial charge >= 0.3 is 0 Å². The van der Waals surface area contributed by atoms with Gasteiger partial charge < -0.3 is 11.1 Å². The molecular formula is C29H40N8O. The minimum Gasteiger partial charge on any atom is -0.329 e. The molecule has 3 aliphatic rings. The molecular weight excluding hydrogens is 476 g/mol. The van der Waals surface area contributed by atoms with Crippen LogP contribution in [0.1, 0.15) is 56.7 Å². The number of likely N-dealkylation sites (tertiary alicyclic amines) is 1. The molecule has 2 atom stereocenters.